The van der Waals surface area contributed by atoms with Crippen molar-refractivity contribution < 1.29 is 19.1 Å². The molecule has 2 amide bonds. The Morgan fingerprint density at radius 2 is 1.88 bits per heavy atom. The maximum Gasteiger partial charge on any atom is 0.306 e. The minimum atomic E-state index is -0.453. The van der Waals surface area contributed by atoms with E-state index in [1.807, 2.05) is 6.92 Å². The molecule has 2 N–H and O–H groups in total. The van der Waals surface area contributed by atoms with Gasteiger partial charge in [0.15, 0.2) is 6.61 Å². The lowest BCUT2D eigenvalue weighted by atomic mass is 10.1. The third-order valence-electron chi connectivity index (χ3n) is 4.23. The quantitative estimate of drug-likeness (QED) is 0.709. The minimum absolute atomic E-state index is 0.192. The molecule has 6 heteroatoms. The molecule has 1 aromatic carbocycles. The van der Waals surface area contributed by atoms with E-state index in [-0.39, 0.29) is 24.5 Å². The molecule has 2 rings (SSSR count). The largest absolute Gasteiger partial charge is 0.456 e. The van der Waals surface area contributed by atoms with Crippen LogP contribution in [0, 0.1) is 0 Å². The van der Waals surface area contributed by atoms with Gasteiger partial charge in [0.1, 0.15) is 0 Å². The van der Waals surface area contributed by atoms with E-state index in [4.69, 9.17) is 4.74 Å². The van der Waals surface area contributed by atoms with Crippen LogP contribution in [0.3, 0.4) is 0 Å². The van der Waals surface area contributed by atoms with Crippen LogP contribution in [0.2, 0.25) is 0 Å². The standard InChI is InChI=1S/C19H26N2O4/c1-2-3-12-18(23)25-13-17(22)21-16-11-7-6-10-15(16)19(24)20-14-8-4-5-9-14/h6-7,10-11,14H,2-5,8-9,12-13H2,1H3,(H,20,24)(H,21,22). The second kappa shape index (κ2) is 9.81. The summed E-state index contributed by atoms with van der Waals surface area (Å²) in [4.78, 5) is 35.9. The van der Waals surface area contributed by atoms with Gasteiger partial charge in [0.2, 0.25) is 0 Å². The zero-order valence-electron chi connectivity index (χ0n) is 14.7. The molecule has 0 spiro atoms. The number of carbonyl (C=O) groups is 3. The molecule has 1 fully saturated rings. The Hall–Kier alpha value is -2.37. The third kappa shape index (κ3) is 6.21. The van der Waals surface area contributed by atoms with E-state index in [0.717, 1.165) is 38.5 Å². The van der Waals surface area contributed by atoms with Gasteiger partial charge in [-0.05, 0) is 31.4 Å². The molecule has 0 saturated heterocycles. The molecule has 0 bridgehead atoms. The van der Waals surface area contributed by atoms with Crippen LogP contribution in [0.25, 0.3) is 0 Å². The summed E-state index contributed by atoms with van der Waals surface area (Å²) in [5.74, 6) is -1.03. The maximum atomic E-state index is 12.4. The summed E-state index contributed by atoms with van der Waals surface area (Å²) in [7, 11) is 0. The number of hydrogen-bond donors (Lipinski definition) is 2. The number of esters is 1. The van der Waals surface area contributed by atoms with Crippen LogP contribution in [-0.2, 0) is 14.3 Å². The van der Waals surface area contributed by atoms with E-state index in [0.29, 0.717) is 17.7 Å². The van der Waals surface area contributed by atoms with Gasteiger partial charge in [0, 0.05) is 12.5 Å². The van der Waals surface area contributed by atoms with Gasteiger partial charge in [-0.15, -0.1) is 0 Å². The molecule has 1 saturated carbocycles. The van der Waals surface area contributed by atoms with Crippen molar-refractivity contribution in [1.82, 2.24) is 5.32 Å². The first-order valence-corrected chi connectivity index (χ1v) is 8.95. The van der Waals surface area contributed by atoms with Gasteiger partial charge >= 0.3 is 5.97 Å². The predicted molar refractivity (Wildman–Crippen MR) is 95.3 cm³/mol. The fourth-order valence-corrected chi connectivity index (χ4v) is 2.85. The predicted octanol–water partition coefficient (Wildman–Crippen LogP) is 3.03. The van der Waals surface area contributed by atoms with Crippen LogP contribution in [0.1, 0.15) is 62.2 Å². The number of rotatable bonds is 8. The summed E-state index contributed by atoms with van der Waals surface area (Å²) in [6, 6.07) is 7.04. The van der Waals surface area contributed by atoms with E-state index >= 15 is 0 Å². The Balaban J connectivity index is 1.89. The molecule has 0 atom stereocenters. The lowest BCUT2D eigenvalue weighted by Gasteiger charge is -2.15. The van der Waals surface area contributed by atoms with Crippen molar-refractivity contribution in [2.24, 2.45) is 0 Å². The number of amides is 2. The fraction of sp³-hybridized carbons (Fsp3) is 0.526. The smallest absolute Gasteiger partial charge is 0.306 e. The first-order chi connectivity index (χ1) is 12.1. The highest BCUT2D eigenvalue weighted by atomic mass is 16.5. The topological polar surface area (TPSA) is 84.5 Å². The van der Waals surface area contributed by atoms with Crippen LogP contribution in [0.4, 0.5) is 5.69 Å². The highest BCUT2D eigenvalue weighted by Crippen LogP contribution is 2.20. The number of para-hydroxylation sites is 1. The van der Waals surface area contributed by atoms with Crippen LogP contribution in [0.15, 0.2) is 24.3 Å². The molecule has 25 heavy (non-hydrogen) atoms. The molecule has 1 aliphatic rings. The number of unbranched alkanes of at least 4 members (excludes halogenated alkanes) is 1. The molecule has 1 aliphatic carbocycles. The summed E-state index contributed by atoms with van der Waals surface area (Å²) >= 11 is 0. The Bertz CT molecular complexity index is 609. The lowest BCUT2D eigenvalue weighted by Crippen LogP contribution is -2.33. The van der Waals surface area contributed by atoms with Gasteiger partial charge in [0.05, 0.1) is 11.3 Å². The molecular weight excluding hydrogens is 320 g/mol. The van der Waals surface area contributed by atoms with Crippen molar-refractivity contribution in [3.8, 4) is 0 Å². The molecule has 1 aromatic rings. The number of nitrogens with one attached hydrogen (secondary N) is 2. The lowest BCUT2D eigenvalue weighted by molar-refractivity contribution is -0.147. The fourth-order valence-electron chi connectivity index (χ4n) is 2.85. The van der Waals surface area contributed by atoms with Crippen LogP contribution in [-0.4, -0.2) is 30.4 Å². The molecule has 0 unspecified atom stereocenters. The molecule has 0 aliphatic heterocycles. The molecule has 0 heterocycles. The van der Waals surface area contributed by atoms with E-state index in [1.165, 1.54) is 0 Å². The van der Waals surface area contributed by atoms with Crippen molar-refractivity contribution in [3.63, 3.8) is 0 Å². The summed E-state index contributed by atoms with van der Waals surface area (Å²) in [5.41, 5.74) is 0.840. The third-order valence-corrected chi connectivity index (χ3v) is 4.23. The van der Waals surface area contributed by atoms with Crippen molar-refractivity contribution in [1.29, 1.82) is 0 Å². The zero-order valence-corrected chi connectivity index (χ0v) is 14.7. The molecular formula is C19H26N2O4. The summed E-state index contributed by atoms with van der Waals surface area (Å²) in [5, 5.41) is 5.66. The molecule has 0 aromatic heterocycles. The Labute approximate surface area is 148 Å². The maximum absolute atomic E-state index is 12.4. The summed E-state index contributed by atoms with van der Waals surface area (Å²) < 4.78 is 4.93. The number of benzene rings is 1. The van der Waals surface area contributed by atoms with Crippen molar-refractivity contribution in [2.45, 2.75) is 57.9 Å². The number of ether oxygens (including phenoxy) is 1. The first-order valence-electron chi connectivity index (χ1n) is 8.95. The number of carbonyl (C=O) groups excluding carboxylic acids is 3. The molecule has 0 radical (unpaired) electrons. The van der Waals surface area contributed by atoms with Crippen molar-refractivity contribution >= 4 is 23.5 Å². The SMILES string of the molecule is CCCCC(=O)OCC(=O)Nc1ccccc1C(=O)NC1CCCC1. The highest BCUT2D eigenvalue weighted by Gasteiger charge is 2.20. The minimum Gasteiger partial charge on any atom is -0.456 e. The van der Waals surface area contributed by atoms with Crippen LogP contribution >= 0.6 is 0 Å². The Morgan fingerprint density at radius 3 is 2.60 bits per heavy atom. The van der Waals surface area contributed by atoms with Crippen molar-refractivity contribution in [3.05, 3.63) is 29.8 Å². The van der Waals surface area contributed by atoms with E-state index in [2.05, 4.69) is 10.6 Å². The summed E-state index contributed by atoms with van der Waals surface area (Å²) in [6.07, 6.45) is 6.20. The average Bonchev–Trinajstić information content (AvgIpc) is 3.11. The van der Waals surface area contributed by atoms with Crippen LogP contribution < -0.4 is 10.6 Å². The Morgan fingerprint density at radius 1 is 1.16 bits per heavy atom. The van der Waals surface area contributed by atoms with Gasteiger partial charge in [-0.1, -0.05) is 38.3 Å². The van der Waals surface area contributed by atoms with Gasteiger partial charge in [-0.3, -0.25) is 14.4 Å². The highest BCUT2D eigenvalue weighted by molar-refractivity contribution is 6.04. The van der Waals surface area contributed by atoms with Gasteiger partial charge < -0.3 is 15.4 Å². The normalized spacial score (nSPS) is 14.1. The monoisotopic (exact) mass is 346 g/mol. The van der Waals surface area contributed by atoms with Gasteiger partial charge in [-0.25, -0.2) is 0 Å². The zero-order chi connectivity index (χ0) is 18.1. The van der Waals surface area contributed by atoms with Crippen LogP contribution in [0.5, 0.6) is 0 Å². The average molecular weight is 346 g/mol. The van der Waals surface area contributed by atoms with Crippen molar-refractivity contribution in [2.75, 3.05) is 11.9 Å². The van der Waals surface area contributed by atoms with E-state index < -0.39 is 5.91 Å². The first kappa shape index (κ1) is 19.0. The molecule has 6 nitrogen and oxygen atoms in total. The van der Waals surface area contributed by atoms with E-state index in [1.54, 1.807) is 24.3 Å². The Kier molecular flexibility index (Phi) is 7.44. The van der Waals surface area contributed by atoms with E-state index in [9.17, 15) is 14.4 Å². The number of hydrogen-bond acceptors (Lipinski definition) is 4. The number of anilines is 1. The summed E-state index contributed by atoms with van der Waals surface area (Å²) in [6.45, 7) is 1.63. The van der Waals surface area contributed by atoms with Gasteiger partial charge in [-0.2, -0.15) is 0 Å². The second-order valence-corrected chi connectivity index (χ2v) is 6.31. The molecule has 136 valence electrons. The second-order valence-electron chi connectivity index (χ2n) is 6.31. The van der Waals surface area contributed by atoms with Gasteiger partial charge in [0.25, 0.3) is 11.8 Å².